The van der Waals surface area contributed by atoms with Crippen LogP contribution in [0.15, 0.2) is 71.7 Å². The minimum atomic E-state index is -3.41. The van der Waals surface area contributed by atoms with Gasteiger partial charge in [-0.3, -0.25) is 4.79 Å². The van der Waals surface area contributed by atoms with Crippen LogP contribution in [0.5, 0.6) is 5.75 Å². The number of piperazine rings is 1. The van der Waals surface area contributed by atoms with Crippen molar-refractivity contribution in [3.05, 3.63) is 82.8 Å². The topological polar surface area (TPSA) is 84.7 Å². The molecule has 4 rings (SSSR count). The predicted molar refractivity (Wildman–Crippen MR) is 119 cm³/mol. The first-order valence-corrected chi connectivity index (χ1v) is 11.6. The van der Waals surface area contributed by atoms with Crippen LogP contribution in [0, 0.1) is 0 Å². The van der Waals surface area contributed by atoms with Crippen LogP contribution in [0.2, 0.25) is 0 Å². The fourth-order valence-corrected chi connectivity index (χ4v) is 5.20. The van der Waals surface area contributed by atoms with Gasteiger partial charge in [-0.25, -0.2) is 8.42 Å². The summed E-state index contributed by atoms with van der Waals surface area (Å²) in [4.78, 5) is 14.9. The van der Waals surface area contributed by atoms with Crippen molar-refractivity contribution in [2.45, 2.75) is 5.75 Å². The van der Waals surface area contributed by atoms with Crippen LogP contribution in [0.3, 0.4) is 0 Å². The summed E-state index contributed by atoms with van der Waals surface area (Å²) in [6.07, 6.45) is 1.60. The Morgan fingerprint density at radius 2 is 1.55 bits per heavy atom. The van der Waals surface area contributed by atoms with E-state index in [0.717, 1.165) is 5.56 Å². The molecule has 0 aliphatic carbocycles. The molecule has 1 saturated heterocycles. The maximum absolute atomic E-state index is 12.9. The lowest BCUT2D eigenvalue weighted by Gasteiger charge is -2.35. The van der Waals surface area contributed by atoms with Crippen molar-refractivity contribution in [2.24, 2.45) is 0 Å². The summed E-state index contributed by atoms with van der Waals surface area (Å²) in [6.45, 7) is 1.56. The third-order valence-electron chi connectivity index (χ3n) is 5.28. The smallest absolute Gasteiger partial charge is 0.315 e. The highest BCUT2D eigenvalue weighted by molar-refractivity contribution is 7.88. The van der Waals surface area contributed by atoms with Gasteiger partial charge in [-0.15, -0.1) is 0 Å². The Morgan fingerprint density at radius 1 is 0.935 bits per heavy atom. The second-order valence-corrected chi connectivity index (χ2v) is 9.21. The van der Waals surface area contributed by atoms with Crippen LogP contribution in [-0.2, 0) is 15.8 Å². The molecule has 162 valence electrons. The standard InChI is InChI=1S/C22H24N4O4S/c1-30-21-20(16-23-26(22(21)27)19-10-6-3-7-11-19)24-12-14-25(15-13-24)31(28,29)17-18-8-4-2-5-9-18/h2-11,16H,12-15,17H2,1H3. The number of hydrogen-bond acceptors (Lipinski definition) is 6. The van der Waals surface area contributed by atoms with E-state index < -0.39 is 10.0 Å². The number of anilines is 1. The van der Waals surface area contributed by atoms with E-state index in [1.165, 1.54) is 16.1 Å². The van der Waals surface area contributed by atoms with E-state index >= 15 is 0 Å². The van der Waals surface area contributed by atoms with Crippen molar-refractivity contribution in [3.8, 4) is 11.4 Å². The lowest BCUT2D eigenvalue weighted by atomic mass is 10.2. The van der Waals surface area contributed by atoms with Crippen molar-refractivity contribution in [1.29, 1.82) is 0 Å². The zero-order chi connectivity index (χ0) is 21.8. The van der Waals surface area contributed by atoms with Gasteiger partial charge < -0.3 is 9.64 Å². The predicted octanol–water partition coefficient (Wildman–Crippen LogP) is 1.89. The van der Waals surface area contributed by atoms with Crippen LogP contribution < -0.4 is 15.2 Å². The average Bonchev–Trinajstić information content (AvgIpc) is 2.80. The van der Waals surface area contributed by atoms with Crippen molar-refractivity contribution in [1.82, 2.24) is 14.1 Å². The number of nitrogens with zero attached hydrogens (tertiary/aromatic N) is 4. The summed E-state index contributed by atoms with van der Waals surface area (Å²) in [7, 11) is -1.96. The van der Waals surface area contributed by atoms with Gasteiger partial charge >= 0.3 is 5.56 Å². The van der Waals surface area contributed by atoms with Crippen molar-refractivity contribution >= 4 is 15.7 Å². The van der Waals surface area contributed by atoms with Gasteiger partial charge in [0.25, 0.3) is 0 Å². The third-order valence-corrected chi connectivity index (χ3v) is 7.13. The molecule has 31 heavy (non-hydrogen) atoms. The van der Waals surface area contributed by atoms with Crippen molar-refractivity contribution in [2.75, 3.05) is 38.2 Å². The summed E-state index contributed by atoms with van der Waals surface area (Å²) < 4.78 is 33.8. The first kappa shape index (κ1) is 21.1. The van der Waals surface area contributed by atoms with Crippen molar-refractivity contribution in [3.63, 3.8) is 0 Å². The summed E-state index contributed by atoms with van der Waals surface area (Å²) in [5.41, 5.74) is 1.62. The molecule has 9 heteroatoms. The third kappa shape index (κ3) is 4.47. The highest BCUT2D eigenvalue weighted by Crippen LogP contribution is 2.26. The average molecular weight is 441 g/mol. The number of aromatic nitrogens is 2. The largest absolute Gasteiger partial charge is 0.490 e. The second kappa shape index (κ2) is 8.91. The molecule has 0 bridgehead atoms. The Balaban J connectivity index is 1.51. The summed E-state index contributed by atoms with van der Waals surface area (Å²) in [5.74, 6) is 0.172. The molecule has 0 radical (unpaired) electrons. The molecule has 0 amide bonds. The van der Waals surface area contributed by atoms with Crippen LogP contribution >= 0.6 is 0 Å². The van der Waals surface area contributed by atoms with Crippen LogP contribution in [0.1, 0.15) is 5.56 Å². The Kier molecular flexibility index (Phi) is 6.06. The molecule has 1 fully saturated rings. The minimum absolute atomic E-state index is 0.0220. The van der Waals surface area contributed by atoms with Gasteiger partial charge in [-0.05, 0) is 17.7 Å². The van der Waals surface area contributed by atoms with E-state index in [-0.39, 0.29) is 17.1 Å². The molecule has 2 heterocycles. The molecule has 8 nitrogen and oxygen atoms in total. The maximum Gasteiger partial charge on any atom is 0.315 e. The Morgan fingerprint density at radius 3 is 2.16 bits per heavy atom. The summed E-state index contributed by atoms with van der Waals surface area (Å²) in [6, 6.07) is 18.3. The van der Waals surface area contributed by atoms with Gasteiger partial charge in [0, 0.05) is 26.2 Å². The molecule has 1 aliphatic heterocycles. The van der Waals surface area contributed by atoms with Crippen LogP contribution in [-0.4, -0.2) is 55.8 Å². The number of benzene rings is 2. The first-order valence-electron chi connectivity index (χ1n) is 9.98. The molecule has 3 aromatic rings. The SMILES string of the molecule is COc1c(N2CCN(S(=O)(=O)Cc3ccccc3)CC2)cnn(-c2ccccc2)c1=O. The fraction of sp³-hybridized carbons (Fsp3) is 0.273. The van der Waals surface area contributed by atoms with Crippen LogP contribution in [0.4, 0.5) is 5.69 Å². The Labute approximate surface area is 181 Å². The minimum Gasteiger partial charge on any atom is -0.490 e. The molecule has 2 aromatic carbocycles. The quantitative estimate of drug-likeness (QED) is 0.582. The number of sulfonamides is 1. The zero-order valence-corrected chi connectivity index (χ0v) is 18.0. The molecule has 0 N–H and O–H groups in total. The molecule has 0 saturated carbocycles. The molecule has 0 unspecified atom stereocenters. The molecular weight excluding hydrogens is 416 g/mol. The lowest BCUT2D eigenvalue weighted by Crippen LogP contribution is -2.49. The number of ether oxygens (including phenoxy) is 1. The Hall–Kier alpha value is -3.17. The van der Waals surface area contributed by atoms with E-state index in [1.807, 2.05) is 53.4 Å². The Bertz CT molecular complexity index is 1190. The second-order valence-electron chi connectivity index (χ2n) is 7.24. The highest BCUT2D eigenvalue weighted by atomic mass is 32.2. The molecule has 0 spiro atoms. The van der Waals surface area contributed by atoms with E-state index in [9.17, 15) is 13.2 Å². The fourth-order valence-electron chi connectivity index (χ4n) is 3.68. The van der Waals surface area contributed by atoms with Gasteiger partial charge in [-0.2, -0.15) is 14.1 Å². The van der Waals surface area contributed by atoms with Gasteiger partial charge in [-0.1, -0.05) is 48.5 Å². The van der Waals surface area contributed by atoms with E-state index in [4.69, 9.17) is 4.74 Å². The van der Waals surface area contributed by atoms with Gasteiger partial charge in [0.1, 0.15) is 5.69 Å². The van der Waals surface area contributed by atoms with Gasteiger partial charge in [0.05, 0.1) is 24.7 Å². The summed E-state index contributed by atoms with van der Waals surface area (Å²) >= 11 is 0. The zero-order valence-electron chi connectivity index (χ0n) is 17.2. The maximum atomic E-state index is 12.9. The van der Waals surface area contributed by atoms with E-state index in [0.29, 0.717) is 37.6 Å². The first-order chi connectivity index (χ1) is 15.0. The van der Waals surface area contributed by atoms with E-state index in [1.54, 1.807) is 18.3 Å². The number of hydrogen-bond donors (Lipinski definition) is 0. The molecule has 1 aliphatic rings. The lowest BCUT2D eigenvalue weighted by molar-refractivity contribution is 0.374. The van der Waals surface area contributed by atoms with Crippen molar-refractivity contribution < 1.29 is 13.2 Å². The highest BCUT2D eigenvalue weighted by Gasteiger charge is 2.29. The van der Waals surface area contributed by atoms with Crippen LogP contribution in [0.25, 0.3) is 5.69 Å². The monoisotopic (exact) mass is 440 g/mol. The number of methoxy groups -OCH3 is 1. The molecule has 0 atom stereocenters. The molecular formula is C22H24N4O4S. The van der Waals surface area contributed by atoms with Gasteiger partial charge in [0.2, 0.25) is 15.8 Å². The number of rotatable bonds is 6. The van der Waals surface area contributed by atoms with E-state index in [2.05, 4.69) is 5.10 Å². The van der Waals surface area contributed by atoms with Gasteiger partial charge in [0.15, 0.2) is 0 Å². The number of para-hydroxylation sites is 1. The molecule has 1 aromatic heterocycles. The summed E-state index contributed by atoms with van der Waals surface area (Å²) in [5, 5.41) is 4.31. The normalized spacial score (nSPS) is 15.1.